The van der Waals surface area contributed by atoms with E-state index in [4.69, 9.17) is 9.26 Å². The molecule has 20 heavy (non-hydrogen) atoms. The summed E-state index contributed by atoms with van der Waals surface area (Å²) in [6.45, 7) is 4.58. The Morgan fingerprint density at radius 1 is 1.50 bits per heavy atom. The molecule has 3 heterocycles. The van der Waals surface area contributed by atoms with Crippen LogP contribution in [0, 0.1) is 0 Å². The van der Waals surface area contributed by atoms with Crippen molar-refractivity contribution in [3.05, 3.63) is 24.2 Å². The van der Waals surface area contributed by atoms with Gasteiger partial charge in [-0.3, -0.25) is 0 Å². The molecule has 2 N–H and O–H groups in total. The molecule has 0 radical (unpaired) electrons. The van der Waals surface area contributed by atoms with Crippen LogP contribution in [-0.2, 0) is 4.74 Å². The van der Waals surface area contributed by atoms with Crippen LogP contribution in [0.5, 0.6) is 0 Å². The average Bonchev–Trinajstić information content (AvgIpc) is 3.15. The van der Waals surface area contributed by atoms with Crippen molar-refractivity contribution in [2.75, 3.05) is 19.8 Å². The highest BCUT2D eigenvalue weighted by Crippen LogP contribution is 2.26. The summed E-state index contributed by atoms with van der Waals surface area (Å²) in [5.74, 6) is 1.39. The van der Waals surface area contributed by atoms with Crippen LogP contribution < -0.4 is 5.32 Å². The predicted octanol–water partition coefficient (Wildman–Crippen LogP) is 1.94. The van der Waals surface area contributed by atoms with Crippen LogP contribution in [0.3, 0.4) is 0 Å². The van der Waals surface area contributed by atoms with Gasteiger partial charge in [0.2, 0.25) is 11.7 Å². The lowest BCUT2D eigenvalue weighted by molar-refractivity contribution is 0.0498. The third-order valence-electron chi connectivity index (χ3n) is 3.61. The summed E-state index contributed by atoms with van der Waals surface area (Å²) in [4.78, 5) is 7.59. The van der Waals surface area contributed by atoms with E-state index in [9.17, 15) is 0 Å². The highest BCUT2D eigenvalue weighted by atomic mass is 16.5. The number of hydrogen-bond donors (Lipinski definition) is 2. The van der Waals surface area contributed by atoms with E-state index < -0.39 is 0 Å². The Labute approximate surface area is 117 Å². The van der Waals surface area contributed by atoms with Gasteiger partial charge in [-0.05, 0) is 31.5 Å². The summed E-state index contributed by atoms with van der Waals surface area (Å²) in [6.07, 6.45) is 3.94. The van der Waals surface area contributed by atoms with Gasteiger partial charge in [-0.15, -0.1) is 0 Å². The first kappa shape index (κ1) is 13.3. The van der Waals surface area contributed by atoms with Gasteiger partial charge < -0.3 is 19.6 Å². The van der Waals surface area contributed by atoms with Gasteiger partial charge in [0, 0.05) is 18.8 Å². The molecule has 0 amide bonds. The second-order valence-electron chi connectivity index (χ2n) is 5.07. The molecule has 1 saturated heterocycles. The fraction of sp³-hybridized carbons (Fsp3) is 0.571. The van der Waals surface area contributed by atoms with Crippen molar-refractivity contribution in [3.63, 3.8) is 0 Å². The lowest BCUT2D eigenvalue weighted by Crippen LogP contribution is -2.41. The third kappa shape index (κ3) is 2.76. The highest BCUT2D eigenvalue weighted by Gasteiger charge is 2.31. The number of rotatable bonds is 5. The largest absolute Gasteiger partial charge is 0.381 e. The summed E-state index contributed by atoms with van der Waals surface area (Å²) < 4.78 is 11.0. The van der Waals surface area contributed by atoms with Crippen molar-refractivity contribution in [3.8, 4) is 11.5 Å². The minimum absolute atomic E-state index is 0.131. The molecule has 0 spiro atoms. The standard InChI is InChI=1S/C14H20N4O2/c1-2-6-15-11-5-8-19-9-10(11)14-17-13(18-20-14)12-4-3-7-16-12/h3-4,7,10-11,15-16H,2,5-6,8-9H2,1H3. The maximum Gasteiger partial charge on any atom is 0.234 e. The molecule has 6 nitrogen and oxygen atoms in total. The van der Waals surface area contributed by atoms with Crippen LogP contribution in [0.1, 0.15) is 31.6 Å². The molecule has 6 heteroatoms. The second-order valence-corrected chi connectivity index (χ2v) is 5.07. The van der Waals surface area contributed by atoms with Crippen LogP contribution in [0.15, 0.2) is 22.9 Å². The molecule has 0 aliphatic carbocycles. The van der Waals surface area contributed by atoms with Gasteiger partial charge in [-0.25, -0.2) is 0 Å². The Morgan fingerprint density at radius 3 is 3.25 bits per heavy atom. The van der Waals surface area contributed by atoms with E-state index >= 15 is 0 Å². The van der Waals surface area contributed by atoms with Crippen molar-refractivity contribution < 1.29 is 9.26 Å². The van der Waals surface area contributed by atoms with Gasteiger partial charge in [0.15, 0.2) is 0 Å². The molecule has 1 aliphatic rings. The van der Waals surface area contributed by atoms with Crippen LogP contribution >= 0.6 is 0 Å². The summed E-state index contributed by atoms with van der Waals surface area (Å²) in [7, 11) is 0. The molecule has 2 atom stereocenters. The summed E-state index contributed by atoms with van der Waals surface area (Å²) >= 11 is 0. The molecular weight excluding hydrogens is 256 g/mol. The SMILES string of the molecule is CCCNC1CCOCC1c1nc(-c2ccc[nH]2)no1. The van der Waals surface area contributed by atoms with Gasteiger partial charge in [0.25, 0.3) is 0 Å². The smallest absolute Gasteiger partial charge is 0.234 e. The van der Waals surface area contributed by atoms with E-state index in [2.05, 4.69) is 27.4 Å². The minimum atomic E-state index is 0.131. The highest BCUT2D eigenvalue weighted by molar-refractivity contribution is 5.47. The molecule has 1 fully saturated rings. The van der Waals surface area contributed by atoms with Crippen molar-refractivity contribution in [2.24, 2.45) is 0 Å². The molecule has 0 aromatic carbocycles. The molecule has 2 aromatic heterocycles. The fourth-order valence-corrected chi connectivity index (χ4v) is 2.52. The van der Waals surface area contributed by atoms with Crippen LogP contribution in [0.25, 0.3) is 11.5 Å². The molecular formula is C14H20N4O2. The lowest BCUT2D eigenvalue weighted by Gasteiger charge is -2.29. The maximum atomic E-state index is 5.57. The maximum absolute atomic E-state index is 5.57. The molecule has 108 valence electrons. The average molecular weight is 276 g/mol. The lowest BCUT2D eigenvalue weighted by atomic mass is 9.95. The van der Waals surface area contributed by atoms with E-state index in [1.165, 1.54) is 0 Å². The minimum Gasteiger partial charge on any atom is -0.381 e. The Bertz CT molecular complexity index is 523. The molecule has 2 unspecified atom stereocenters. The quantitative estimate of drug-likeness (QED) is 0.872. The van der Waals surface area contributed by atoms with E-state index in [0.29, 0.717) is 24.4 Å². The zero-order valence-corrected chi connectivity index (χ0v) is 11.6. The first-order valence-electron chi connectivity index (χ1n) is 7.17. The summed E-state index contributed by atoms with van der Waals surface area (Å²) in [5, 5.41) is 7.60. The zero-order valence-electron chi connectivity index (χ0n) is 11.6. The first-order valence-corrected chi connectivity index (χ1v) is 7.17. The van der Waals surface area contributed by atoms with Crippen LogP contribution in [-0.4, -0.2) is 40.9 Å². The van der Waals surface area contributed by atoms with Crippen LogP contribution in [0.2, 0.25) is 0 Å². The molecule has 2 aromatic rings. The topological polar surface area (TPSA) is 76.0 Å². The van der Waals surface area contributed by atoms with Gasteiger partial charge in [0.05, 0.1) is 18.2 Å². The molecule has 0 bridgehead atoms. The molecule has 0 saturated carbocycles. The summed E-state index contributed by atoms with van der Waals surface area (Å²) in [5.41, 5.74) is 0.870. The van der Waals surface area contributed by atoms with Crippen molar-refractivity contribution in [1.29, 1.82) is 0 Å². The first-order chi connectivity index (χ1) is 9.88. The summed E-state index contributed by atoms with van der Waals surface area (Å²) in [6, 6.07) is 4.19. The Balaban J connectivity index is 1.76. The van der Waals surface area contributed by atoms with E-state index in [1.807, 2.05) is 18.3 Å². The van der Waals surface area contributed by atoms with Crippen molar-refractivity contribution in [2.45, 2.75) is 31.7 Å². The Kier molecular flexibility index (Phi) is 4.13. The van der Waals surface area contributed by atoms with Gasteiger partial charge in [-0.2, -0.15) is 4.98 Å². The van der Waals surface area contributed by atoms with Crippen LogP contribution in [0.4, 0.5) is 0 Å². The van der Waals surface area contributed by atoms with Gasteiger partial charge >= 0.3 is 0 Å². The number of aromatic amines is 1. The third-order valence-corrected chi connectivity index (χ3v) is 3.61. The number of hydrogen-bond acceptors (Lipinski definition) is 5. The van der Waals surface area contributed by atoms with Gasteiger partial charge in [0.1, 0.15) is 0 Å². The normalized spacial score (nSPS) is 23.1. The number of ether oxygens (including phenoxy) is 1. The van der Waals surface area contributed by atoms with Crippen molar-refractivity contribution in [1.82, 2.24) is 20.4 Å². The van der Waals surface area contributed by atoms with E-state index in [-0.39, 0.29) is 5.92 Å². The Morgan fingerprint density at radius 2 is 2.45 bits per heavy atom. The second kappa shape index (κ2) is 6.19. The number of nitrogens with zero attached hydrogens (tertiary/aromatic N) is 2. The fourth-order valence-electron chi connectivity index (χ4n) is 2.52. The van der Waals surface area contributed by atoms with Crippen molar-refractivity contribution >= 4 is 0 Å². The number of nitrogens with one attached hydrogen (secondary N) is 2. The predicted molar refractivity (Wildman–Crippen MR) is 74.3 cm³/mol. The Hall–Kier alpha value is -1.66. The van der Waals surface area contributed by atoms with E-state index in [0.717, 1.165) is 31.7 Å². The number of aromatic nitrogens is 3. The van der Waals surface area contributed by atoms with Gasteiger partial charge in [-0.1, -0.05) is 12.1 Å². The van der Waals surface area contributed by atoms with E-state index in [1.54, 1.807) is 0 Å². The number of H-pyrrole nitrogens is 1. The molecule has 3 rings (SSSR count). The monoisotopic (exact) mass is 276 g/mol. The zero-order chi connectivity index (χ0) is 13.8. The molecule has 1 aliphatic heterocycles.